The van der Waals surface area contributed by atoms with Crippen LogP contribution in [0.25, 0.3) is 0 Å². The van der Waals surface area contributed by atoms with Gasteiger partial charge in [-0.2, -0.15) is 13.2 Å². The number of aromatic carboxylic acids is 1. The molecule has 0 aromatic heterocycles. The number of hydrogen-bond donors (Lipinski definition) is 1. The van der Waals surface area contributed by atoms with Gasteiger partial charge in [-0.05, 0) is 30.0 Å². The third-order valence-electron chi connectivity index (χ3n) is 1.64. The van der Waals surface area contributed by atoms with Crippen molar-refractivity contribution in [2.24, 2.45) is 0 Å². The van der Waals surface area contributed by atoms with Crippen LogP contribution < -0.4 is 4.74 Å². The fourth-order valence-electron chi connectivity index (χ4n) is 1.05. The van der Waals surface area contributed by atoms with Crippen molar-refractivity contribution in [2.75, 3.05) is 0 Å². The van der Waals surface area contributed by atoms with Crippen LogP contribution in [0.2, 0.25) is 0 Å². The molecule has 3 nitrogen and oxygen atoms in total. The van der Waals surface area contributed by atoms with Crippen molar-refractivity contribution < 1.29 is 41.0 Å². The second-order valence-electron chi connectivity index (χ2n) is 3.06. The molecule has 1 aromatic carbocycles. The number of halogens is 6. The Morgan fingerprint density at radius 2 is 1.74 bits per heavy atom. The molecule has 0 spiro atoms. The summed E-state index contributed by atoms with van der Waals surface area (Å²) in [6.07, 6.45) is -5.22. The first-order valence-electron chi connectivity index (χ1n) is 4.37. The maximum Gasteiger partial charge on any atom is 0.573 e. The van der Waals surface area contributed by atoms with Crippen LogP contribution >= 0.6 is 11.8 Å². The smallest absolute Gasteiger partial charge is 0.478 e. The second-order valence-corrected chi connectivity index (χ2v) is 4.17. The summed E-state index contributed by atoms with van der Waals surface area (Å²) in [7, 11) is 0. The van der Waals surface area contributed by atoms with E-state index in [1.54, 1.807) is 0 Å². The summed E-state index contributed by atoms with van der Waals surface area (Å²) < 4.78 is 75.8. The average molecular weight is 306 g/mol. The zero-order valence-electron chi connectivity index (χ0n) is 8.67. The molecular formula is C9H4F6O3S. The third kappa shape index (κ3) is 5.28. The maximum absolute atomic E-state index is 12.1. The quantitative estimate of drug-likeness (QED) is 0.679. The molecule has 1 rings (SSSR count). The van der Waals surface area contributed by atoms with Crippen LogP contribution in [0.15, 0.2) is 23.1 Å². The number of hydrogen-bond acceptors (Lipinski definition) is 3. The van der Waals surface area contributed by atoms with Gasteiger partial charge in [0.1, 0.15) is 5.75 Å². The summed E-state index contributed by atoms with van der Waals surface area (Å²) in [5, 5.41) is 8.57. The molecular weight excluding hydrogens is 302 g/mol. The molecule has 0 fully saturated rings. The largest absolute Gasteiger partial charge is 0.573 e. The summed E-state index contributed by atoms with van der Waals surface area (Å²) in [6.45, 7) is 0. The Hall–Kier alpha value is -1.58. The first-order valence-corrected chi connectivity index (χ1v) is 5.18. The minimum Gasteiger partial charge on any atom is -0.478 e. The molecule has 0 aliphatic heterocycles. The van der Waals surface area contributed by atoms with E-state index in [1.165, 1.54) is 0 Å². The predicted molar refractivity (Wildman–Crippen MR) is 52.0 cm³/mol. The lowest BCUT2D eigenvalue weighted by molar-refractivity contribution is -0.275. The minimum atomic E-state index is -5.22. The Balaban J connectivity index is 3.19. The number of benzene rings is 1. The number of carbonyl (C=O) groups is 1. The molecule has 0 unspecified atom stereocenters. The zero-order chi connectivity index (χ0) is 14.8. The van der Waals surface area contributed by atoms with E-state index in [0.29, 0.717) is 12.1 Å². The Bertz CT molecular complexity index is 482. The van der Waals surface area contributed by atoms with Gasteiger partial charge in [0.05, 0.1) is 10.5 Å². The lowest BCUT2D eigenvalue weighted by Crippen LogP contribution is -2.18. The van der Waals surface area contributed by atoms with Crippen molar-refractivity contribution in [2.45, 2.75) is 16.8 Å². The minimum absolute atomic E-state index is 0.379. The van der Waals surface area contributed by atoms with Crippen molar-refractivity contribution in [1.82, 2.24) is 0 Å². The highest BCUT2D eigenvalue weighted by Crippen LogP contribution is 2.43. The van der Waals surface area contributed by atoms with Crippen LogP contribution in [0.3, 0.4) is 0 Å². The molecule has 0 saturated carbocycles. The van der Waals surface area contributed by atoms with Gasteiger partial charge in [-0.15, -0.1) is 13.2 Å². The van der Waals surface area contributed by atoms with Crippen LogP contribution in [0, 0.1) is 0 Å². The van der Waals surface area contributed by atoms with Crippen LogP contribution in [0.1, 0.15) is 10.4 Å². The molecule has 19 heavy (non-hydrogen) atoms. The van der Waals surface area contributed by atoms with Crippen molar-refractivity contribution in [3.05, 3.63) is 23.8 Å². The van der Waals surface area contributed by atoms with E-state index in [4.69, 9.17) is 5.11 Å². The van der Waals surface area contributed by atoms with Gasteiger partial charge in [0.15, 0.2) is 0 Å². The van der Waals surface area contributed by atoms with E-state index in [2.05, 4.69) is 4.74 Å². The number of carboxylic acid groups (broad SMARTS) is 1. The van der Waals surface area contributed by atoms with Crippen LogP contribution in [0.5, 0.6) is 5.75 Å². The molecule has 0 saturated heterocycles. The Morgan fingerprint density at radius 3 is 2.16 bits per heavy atom. The number of rotatable bonds is 3. The topological polar surface area (TPSA) is 46.5 Å². The molecule has 1 N–H and O–H groups in total. The van der Waals surface area contributed by atoms with Gasteiger partial charge in [0, 0.05) is 0 Å². The van der Waals surface area contributed by atoms with Crippen LogP contribution in [-0.4, -0.2) is 22.9 Å². The fraction of sp³-hybridized carbons (Fsp3) is 0.222. The van der Waals surface area contributed by atoms with Gasteiger partial charge in [0.2, 0.25) is 0 Å². The Labute approximate surface area is 106 Å². The van der Waals surface area contributed by atoms with E-state index in [1.807, 2.05) is 0 Å². The summed E-state index contributed by atoms with van der Waals surface area (Å²) in [5.74, 6) is -2.80. The van der Waals surface area contributed by atoms with Gasteiger partial charge < -0.3 is 9.84 Å². The van der Waals surface area contributed by atoms with Crippen molar-refractivity contribution in [3.63, 3.8) is 0 Å². The lowest BCUT2D eigenvalue weighted by Gasteiger charge is -2.14. The molecule has 106 valence electrons. The first kappa shape index (κ1) is 15.5. The predicted octanol–water partition coefficient (Wildman–Crippen LogP) is 3.90. The molecule has 1 aromatic rings. The molecule has 0 aliphatic carbocycles. The summed E-state index contributed by atoms with van der Waals surface area (Å²) in [5.41, 5.74) is -5.44. The Kier molecular flexibility index (Phi) is 4.23. The third-order valence-corrected chi connectivity index (χ3v) is 2.43. The number of carboxylic acids is 1. The summed E-state index contributed by atoms with van der Waals surface area (Å²) >= 11 is -0.829. The normalized spacial score (nSPS) is 12.3. The van der Waals surface area contributed by atoms with Crippen LogP contribution in [0.4, 0.5) is 26.3 Å². The Morgan fingerprint density at radius 1 is 1.16 bits per heavy atom. The van der Waals surface area contributed by atoms with Crippen LogP contribution in [-0.2, 0) is 0 Å². The standard InChI is InChI=1S/C9H4F6O3S/c10-8(11,12)18-5-3-4(7(16)17)1-2-6(5)19-9(13,14)15/h1-3H,(H,16,17). The van der Waals surface area contributed by atoms with Crippen molar-refractivity contribution in [3.8, 4) is 5.75 Å². The van der Waals surface area contributed by atoms with E-state index >= 15 is 0 Å². The number of alkyl halides is 6. The van der Waals surface area contributed by atoms with Crippen molar-refractivity contribution in [1.29, 1.82) is 0 Å². The average Bonchev–Trinajstić information content (AvgIpc) is 2.15. The van der Waals surface area contributed by atoms with E-state index in [0.717, 1.165) is 6.07 Å². The molecule has 10 heteroatoms. The monoisotopic (exact) mass is 306 g/mol. The van der Waals surface area contributed by atoms with Gasteiger partial charge in [0.25, 0.3) is 0 Å². The molecule has 0 radical (unpaired) electrons. The van der Waals surface area contributed by atoms with E-state index in [9.17, 15) is 31.1 Å². The van der Waals surface area contributed by atoms with Gasteiger partial charge in [-0.1, -0.05) is 0 Å². The molecule has 0 heterocycles. The van der Waals surface area contributed by atoms with Crippen molar-refractivity contribution >= 4 is 17.7 Å². The number of thioether (sulfide) groups is 1. The second kappa shape index (κ2) is 5.19. The molecule has 0 atom stereocenters. The summed E-state index contributed by atoms with van der Waals surface area (Å²) in [6, 6.07) is 1.73. The summed E-state index contributed by atoms with van der Waals surface area (Å²) in [4.78, 5) is 9.67. The number of ether oxygens (including phenoxy) is 1. The first-order chi connectivity index (χ1) is 8.48. The molecule has 0 aliphatic rings. The highest BCUT2D eigenvalue weighted by Gasteiger charge is 2.36. The molecule has 0 bridgehead atoms. The SMILES string of the molecule is O=C(O)c1ccc(SC(F)(F)F)c(OC(F)(F)F)c1. The highest BCUT2D eigenvalue weighted by atomic mass is 32.2. The zero-order valence-corrected chi connectivity index (χ0v) is 9.49. The van der Waals surface area contributed by atoms with Gasteiger partial charge >= 0.3 is 17.8 Å². The highest BCUT2D eigenvalue weighted by molar-refractivity contribution is 8.00. The molecule has 0 amide bonds. The van der Waals surface area contributed by atoms with Gasteiger partial charge in [-0.3, -0.25) is 0 Å². The fourth-order valence-corrected chi connectivity index (χ4v) is 1.64. The van der Waals surface area contributed by atoms with E-state index in [-0.39, 0.29) is 0 Å². The van der Waals surface area contributed by atoms with E-state index < -0.39 is 45.8 Å². The lowest BCUT2D eigenvalue weighted by atomic mass is 10.2. The maximum atomic E-state index is 12.1. The van der Waals surface area contributed by atoms with Gasteiger partial charge in [-0.25, -0.2) is 4.79 Å².